The highest BCUT2D eigenvalue weighted by Gasteiger charge is 2.19. The van der Waals surface area contributed by atoms with E-state index in [4.69, 9.17) is 16.3 Å². The van der Waals surface area contributed by atoms with Gasteiger partial charge in [0.2, 0.25) is 0 Å². The van der Waals surface area contributed by atoms with Crippen molar-refractivity contribution in [3.63, 3.8) is 0 Å². The van der Waals surface area contributed by atoms with E-state index in [-0.39, 0.29) is 22.6 Å². The van der Waals surface area contributed by atoms with E-state index in [1.807, 2.05) is 0 Å². The van der Waals surface area contributed by atoms with Crippen LogP contribution in [0.3, 0.4) is 0 Å². The van der Waals surface area contributed by atoms with Gasteiger partial charge in [0.25, 0.3) is 5.56 Å². The molecule has 0 saturated carbocycles. The number of rotatable bonds is 1. The van der Waals surface area contributed by atoms with Gasteiger partial charge >= 0.3 is 0 Å². The Balaban J connectivity index is 2.42. The molecule has 1 N–H and O–H groups in total. The molecule has 2 heterocycles. The maximum atomic E-state index is 11.4. The minimum atomic E-state index is -0.293. The summed E-state index contributed by atoms with van der Waals surface area (Å²) in [5.74, 6) is -0.189. The molecular weight excluding hydrogens is 206 g/mol. The third kappa shape index (κ3) is 1.63. The van der Waals surface area contributed by atoms with Crippen molar-refractivity contribution in [3.05, 3.63) is 27.6 Å². The molecule has 2 rings (SSSR count). The summed E-state index contributed by atoms with van der Waals surface area (Å²) in [4.78, 5) is 11.4. The van der Waals surface area contributed by atoms with Crippen LogP contribution < -0.4 is 5.56 Å². The normalized spacial score (nSPS) is 21.4. The average Bonchev–Trinajstić information content (AvgIpc) is 2.64. The Labute approximate surface area is 85.7 Å². The SMILES string of the molecule is O=c1cc(O)c(Cl)cn1C1CCCO1. The summed E-state index contributed by atoms with van der Waals surface area (Å²) in [7, 11) is 0. The minimum absolute atomic E-state index is 0.167. The van der Waals surface area contributed by atoms with Crippen LogP contribution in [0, 0.1) is 0 Å². The zero-order chi connectivity index (χ0) is 10.1. The lowest BCUT2D eigenvalue weighted by Crippen LogP contribution is -2.22. The van der Waals surface area contributed by atoms with Crippen LogP contribution in [0.5, 0.6) is 5.75 Å². The number of nitrogens with zero attached hydrogens (tertiary/aromatic N) is 1. The Morgan fingerprint density at radius 2 is 2.43 bits per heavy atom. The van der Waals surface area contributed by atoms with Gasteiger partial charge in [0, 0.05) is 18.9 Å². The first-order chi connectivity index (χ1) is 6.68. The third-order valence-electron chi connectivity index (χ3n) is 2.23. The standard InChI is InChI=1S/C9H10ClNO3/c10-6-5-11(8(13)4-7(6)12)9-2-1-3-14-9/h4-5,9,12H,1-3H2. The molecule has 1 saturated heterocycles. The Morgan fingerprint density at radius 3 is 3.07 bits per heavy atom. The molecule has 0 bridgehead atoms. The smallest absolute Gasteiger partial charge is 0.256 e. The summed E-state index contributed by atoms with van der Waals surface area (Å²) in [6.45, 7) is 0.662. The Kier molecular flexibility index (Phi) is 2.48. The fraction of sp³-hybridized carbons (Fsp3) is 0.444. The zero-order valence-electron chi connectivity index (χ0n) is 7.44. The van der Waals surface area contributed by atoms with Crippen molar-refractivity contribution in [2.45, 2.75) is 19.1 Å². The van der Waals surface area contributed by atoms with Crippen LogP contribution in [0.25, 0.3) is 0 Å². The molecule has 1 aliphatic rings. The van der Waals surface area contributed by atoms with Crippen molar-refractivity contribution in [2.24, 2.45) is 0 Å². The molecule has 0 aliphatic carbocycles. The second-order valence-electron chi connectivity index (χ2n) is 3.22. The Bertz CT molecular complexity index is 396. The van der Waals surface area contributed by atoms with Crippen molar-refractivity contribution in [1.29, 1.82) is 0 Å². The molecule has 1 aliphatic heterocycles. The van der Waals surface area contributed by atoms with Gasteiger partial charge < -0.3 is 9.84 Å². The predicted octanol–water partition coefficient (Wildman–Crippen LogP) is 1.52. The maximum absolute atomic E-state index is 11.4. The Morgan fingerprint density at radius 1 is 1.64 bits per heavy atom. The van der Waals surface area contributed by atoms with Crippen LogP contribution in [0.4, 0.5) is 0 Å². The molecule has 4 nitrogen and oxygen atoms in total. The number of aromatic nitrogens is 1. The number of aromatic hydroxyl groups is 1. The van der Waals surface area contributed by atoms with E-state index < -0.39 is 0 Å². The number of hydrogen-bond acceptors (Lipinski definition) is 3. The van der Waals surface area contributed by atoms with Crippen molar-refractivity contribution in [1.82, 2.24) is 4.57 Å². The van der Waals surface area contributed by atoms with Gasteiger partial charge in [-0.1, -0.05) is 11.6 Å². The molecule has 1 aromatic heterocycles. The molecule has 1 fully saturated rings. The second kappa shape index (κ2) is 3.63. The topological polar surface area (TPSA) is 51.5 Å². The lowest BCUT2D eigenvalue weighted by Gasteiger charge is -2.13. The van der Waals surface area contributed by atoms with Crippen molar-refractivity contribution >= 4 is 11.6 Å². The first-order valence-electron chi connectivity index (χ1n) is 4.41. The van der Waals surface area contributed by atoms with Crippen LogP contribution in [0.2, 0.25) is 5.02 Å². The van der Waals surface area contributed by atoms with E-state index in [9.17, 15) is 9.90 Å². The van der Waals surface area contributed by atoms with Gasteiger partial charge in [-0.3, -0.25) is 9.36 Å². The van der Waals surface area contributed by atoms with Gasteiger partial charge in [0.15, 0.2) is 0 Å². The van der Waals surface area contributed by atoms with E-state index in [0.29, 0.717) is 6.61 Å². The molecule has 0 amide bonds. The lowest BCUT2D eigenvalue weighted by molar-refractivity contribution is 0.0537. The minimum Gasteiger partial charge on any atom is -0.506 e. The van der Waals surface area contributed by atoms with Crippen LogP contribution in [0.1, 0.15) is 19.1 Å². The summed E-state index contributed by atoms with van der Waals surface area (Å²) in [6, 6.07) is 1.10. The summed E-state index contributed by atoms with van der Waals surface area (Å²) in [6.07, 6.45) is 2.92. The largest absolute Gasteiger partial charge is 0.506 e. The van der Waals surface area contributed by atoms with Crippen molar-refractivity contribution in [2.75, 3.05) is 6.61 Å². The number of pyridine rings is 1. The summed E-state index contributed by atoms with van der Waals surface area (Å²) in [5, 5.41) is 9.35. The van der Waals surface area contributed by atoms with Gasteiger partial charge in [0.05, 0.1) is 5.02 Å². The molecule has 1 aromatic rings. The van der Waals surface area contributed by atoms with E-state index >= 15 is 0 Å². The van der Waals surface area contributed by atoms with Crippen LogP contribution in [0.15, 0.2) is 17.1 Å². The Hall–Kier alpha value is -1.00. The summed E-state index contributed by atoms with van der Waals surface area (Å²) in [5.41, 5.74) is -0.293. The van der Waals surface area contributed by atoms with E-state index in [2.05, 4.69) is 0 Å². The molecule has 0 radical (unpaired) electrons. The van der Waals surface area contributed by atoms with E-state index in [1.165, 1.54) is 10.8 Å². The molecule has 76 valence electrons. The molecule has 0 spiro atoms. The predicted molar refractivity (Wildman–Crippen MR) is 51.6 cm³/mol. The molecule has 5 heteroatoms. The molecule has 14 heavy (non-hydrogen) atoms. The van der Waals surface area contributed by atoms with Gasteiger partial charge in [-0.15, -0.1) is 0 Å². The van der Waals surface area contributed by atoms with Crippen molar-refractivity contribution < 1.29 is 9.84 Å². The lowest BCUT2D eigenvalue weighted by atomic mass is 10.3. The fourth-order valence-corrected chi connectivity index (χ4v) is 1.68. The number of halogens is 1. The second-order valence-corrected chi connectivity index (χ2v) is 3.63. The average molecular weight is 216 g/mol. The molecule has 1 atom stereocenters. The monoisotopic (exact) mass is 215 g/mol. The summed E-state index contributed by atoms with van der Waals surface area (Å²) >= 11 is 5.70. The van der Waals surface area contributed by atoms with Crippen LogP contribution in [-0.4, -0.2) is 16.3 Å². The third-order valence-corrected chi connectivity index (χ3v) is 2.52. The first-order valence-corrected chi connectivity index (χ1v) is 4.78. The molecule has 1 unspecified atom stereocenters. The molecule has 0 aromatic carbocycles. The van der Waals surface area contributed by atoms with Crippen LogP contribution in [-0.2, 0) is 4.74 Å². The number of hydrogen-bond donors (Lipinski definition) is 1. The van der Waals surface area contributed by atoms with Gasteiger partial charge in [-0.25, -0.2) is 0 Å². The fourth-order valence-electron chi connectivity index (χ4n) is 1.52. The van der Waals surface area contributed by atoms with Gasteiger partial charge in [-0.05, 0) is 12.8 Å². The van der Waals surface area contributed by atoms with Crippen LogP contribution >= 0.6 is 11.6 Å². The van der Waals surface area contributed by atoms with E-state index in [1.54, 1.807) is 0 Å². The van der Waals surface area contributed by atoms with E-state index in [0.717, 1.165) is 18.9 Å². The van der Waals surface area contributed by atoms with Gasteiger partial charge in [0.1, 0.15) is 12.0 Å². The highest BCUT2D eigenvalue weighted by Crippen LogP contribution is 2.25. The number of ether oxygens (including phenoxy) is 1. The maximum Gasteiger partial charge on any atom is 0.256 e. The highest BCUT2D eigenvalue weighted by atomic mass is 35.5. The quantitative estimate of drug-likeness (QED) is 0.773. The summed E-state index contributed by atoms with van der Waals surface area (Å²) < 4.78 is 6.75. The molecular formula is C9H10ClNO3. The van der Waals surface area contributed by atoms with Crippen molar-refractivity contribution in [3.8, 4) is 5.75 Å². The highest BCUT2D eigenvalue weighted by molar-refractivity contribution is 6.31. The van der Waals surface area contributed by atoms with Gasteiger partial charge in [-0.2, -0.15) is 0 Å². The first kappa shape index (κ1) is 9.55. The zero-order valence-corrected chi connectivity index (χ0v) is 8.20.